The van der Waals surface area contributed by atoms with E-state index in [-0.39, 0.29) is 11.9 Å². The van der Waals surface area contributed by atoms with Crippen molar-refractivity contribution in [3.05, 3.63) is 71.2 Å². The van der Waals surface area contributed by atoms with E-state index in [4.69, 9.17) is 9.15 Å². The van der Waals surface area contributed by atoms with Crippen molar-refractivity contribution in [2.24, 2.45) is 0 Å². The average Bonchev–Trinajstić information content (AvgIpc) is 3.27. The number of nitrogens with zero attached hydrogens (tertiary/aromatic N) is 4. The lowest BCUT2D eigenvalue weighted by Gasteiger charge is -2.33. The van der Waals surface area contributed by atoms with Crippen LogP contribution in [-0.2, 0) is 17.9 Å². The second-order valence-corrected chi connectivity index (χ2v) is 6.77. The maximum atomic E-state index is 13.0. The van der Waals surface area contributed by atoms with Gasteiger partial charge in [0.05, 0.1) is 42.8 Å². The quantitative estimate of drug-likeness (QED) is 0.694. The molecule has 4 rings (SSSR count). The Morgan fingerprint density at radius 2 is 2.19 bits per heavy atom. The van der Waals surface area contributed by atoms with Crippen LogP contribution in [0.1, 0.15) is 39.3 Å². The molecular weight excluding hydrogens is 344 g/mol. The fourth-order valence-corrected chi connectivity index (χ4v) is 3.46. The molecule has 27 heavy (non-hydrogen) atoms. The smallest absolute Gasteiger partial charge is 0.257 e. The van der Waals surface area contributed by atoms with E-state index in [0.717, 1.165) is 17.1 Å². The van der Waals surface area contributed by atoms with Gasteiger partial charge < -0.3 is 14.1 Å². The van der Waals surface area contributed by atoms with Crippen LogP contribution in [0, 0.1) is 13.8 Å². The number of carbonyl (C=O) groups is 1. The van der Waals surface area contributed by atoms with E-state index in [1.165, 1.54) is 0 Å². The molecule has 0 saturated carbocycles. The first-order chi connectivity index (χ1) is 13.1. The van der Waals surface area contributed by atoms with E-state index in [2.05, 4.69) is 10.1 Å². The van der Waals surface area contributed by atoms with Gasteiger partial charge in [0.25, 0.3) is 5.91 Å². The summed E-state index contributed by atoms with van der Waals surface area (Å²) >= 11 is 0. The number of ether oxygens (including phenoxy) is 1. The highest BCUT2D eigenvalue weighted by Crippen LogP contribution is 2.24. The minimum Gasteiger partial charge on any atom is -0.466 e. The number of aryl methyl sites for hydroxylation is 2. The van der Waals surface area contributed by atoms with Crippen molar-refractivity contribution in [3.8, 4) is 0 Å². The molecule has 0 bridgehead atoms. The molecule has 140 valence electrons. The highest BCUT2D eigenvalue weighted by Gasteiger charge is 2.30. The van der Waals surface area contributed by atoms with E-state index in [1.807, 2.05) is 47.7 Å². The molecule has 1 amide bonds. The van der Waals surface area contributed by atoms with Gasteiger partial charge >= 0.3 is 0 Å². The summed E-state index contributed by atoms with van der Waals surface area (Å²) in [6.07, 6.45) is 3.52. The molecular formula is C20H22N4O3. The zero-order chi connectivity index (χ0) is 18.8. The first-order valence-electron chi connectivity index (χ1n) is 8.98. The van der Waals surface area contributed by atoms with Gasteiger partial charge in [-0.3, -0.25) is 14.5 Å². The number of rotatable bonds is 5. The number of furan rings is 1. The molecule has 1 atom stereocenters. The van der Waals surface area contributed by atoms with E-state index in [1.54, 1.807) is 18.5 Å². The molecule has 1 aliphatic heterocycles. The van der Waals surface area contributed by atoms with Crippen LogP contribution in [0.25, 0.3) is 0 Å². The number of hydrogen-bond donors (Lipinski definition) is 0. The Kier molecular flexibility index (Phi) is 4.77. The van der Waals surface area contributed by atoms with Gasteiger partial charge in [0.2, 0.25) is 0 Å². The van der Waals surface area contributed by atoms with Crippen LogP contribution >= 0.6 is 0 Å². The molecule has 3 aromatic heterocycles. The normalized spacial score (nSPS) is 16.4. The minimum absolute atomic E-state index is 0.0217. The molecule has 0 saturated heterocycles. The number of amides is 1. The summed E-state index contributed by atoms with van der Waals surface area (Å²) in [6, 6.07) is 9.45. The fraction of sp³-hybridized carbons (Fsp3) is 0.350. The van der Waals surface area contributed by atoms with Crippen molar-refractivity contribution in [3.63, 3.8) is 0 Å². The Balaban J connectivity index is 1.47. The van der Waals surface area contributed by atoms with Crippen molar-refractivity contribution in [1.29, 1.82) is 0 Å². The molecule has 0 aromatic carbocycles. The molecule has 0 spiro atoms. The number of pyridine rings is 1. The summed E-state index contributed by atoms with van der Waals surface area (Å²) in [6.45, 7) is 5.63. The monoisotopic (exact) mass is 366 g/mol. The Morgan fingerprint density at radius 1 is 1.30 bits per heavy atom. The molecule has 0 fully saturated rings. The van der Waals surface area contributed by atoms with Gasteiger partial charge in [-0.2, -0.15) is 5.10 Å². The summed E-state index contributed by atoms with van der Waals surface area (Å²) in [5.74, 6) is 1.37. The van der Waals surface area contributed by atoms with Crippen LogP contribution in [0.4, 0.5) is 0 Å². The van der Waals surface area contributed by atoms with Gasteiger partial charge in [0, 0.05) is 18.9 Å². The maximum absolute atomic E-state index is 13.0. The topological polar surface area (TPSA) is 73.4 Å². The molecule has 0 radical (unpaired) electrons. The summed E-state index contributed by atoms with van der Waals surface area (Å²) in [7, 11) is 0. The Labute approximate surface area is 157 Å². The first-order valence-corrected chi connectivity index (χ1v) is 8.98. The number of hydrogen-bond acceptors (Lipinski definition) is 5. The third kappa shape index (κ3) is 3.64. The number of aromatic nitrogens is 3. The van der Waals surface area contributed by atoms with Crippen LogP contribution in [0.15, 0.2) is 47.1 Å². The summed E-state index contributed by atoms with van der Waals surface area (Å²) in [5, 5.41) is 4.42. The lowest BCUT2D eigenvalue weighted by Crippen LogP contribution is -2.42. The van der Waals surface area contributed by atoms with Crippen molar-refractivity contribution in [2.45, 2.75) is 33.0 Å². The van der Waals surface area contributed by atoms with Crippen LogP contribution in [0.3, 0.4) is 0 Å². The number of fused-ring (bicyclic) bond motifs is 1. The molecule has 0 N–H and O–H groups in total. The Bertz CT molecular complexity index is 932. The summed E-state index contributed by atoms with van der Waals surface area (Å²) < 4.78 is 13.3. The first kappa shape index (κ1) is 17.5. The highest BCUT2D eigenvalue weighted by molar-refractivity contribution is 5.95. The Hall–Kier alpha value is -2.93. The lowest BCUT2D eigenvalue weighted by atomic mass is 10.1. The van der Waals surface area contributed by atoms with Crippen molar-refractivity contribution in [1.82, 2.24) is 19.7 Å². The molecule has 1 aliphatic rings. The molecule has 7 nitrogen and oxygen atoms in total. The Morgan fingerprint density at radius 3 is 2.93 bits per heavy atom. The molecule has 0 aliphatic carbocycles. The van der Waals surface area contributed by atoms with Gasteiger partial charge in [-0.1, -0.05) is 6.07 Å². The fourth-order valence-electron chi connectivity index (χ4n) is 3.46. The van der Waals surface area contributed by atoms with Gasteiger partial charge in [0.15, 0.2) is 0 Å². The van der Waals surface area contributed by atoms with Crippen LogP contribution < -0.4 is 0 Å². The lowest BCUT2D eigenvalue weighted by molar-refractivity contribution is 0.0439. The molecule has 3 aromatic rings. The standard InChI is InChI=1S/C20H22N4O3/c1-14-9-19(15(2)27-14)20(25)23-10-17-6-8-22-24(17)18(11-23)13-26-12-16-5-3-4-7-21-16/h3-9,18H,10-13H2,1-2H3. The van der Waals surface area contributed by atoms with Gasteiger partial charge in [0.1, 0.15) is 11.5 Å². The van der Waals surface area contributed by atoms with Crippen LogP contribution in [0.2, 0.25) is 0 Å². The van der Waals surface area contributed by atoms with Crippen molar-refractivity contribution in [2.75, 3.05) is 13.2 Å². The van der Waals surface area contributed by atoms with E-state index >= 15 is 0 Å². The predicted octanol–water partition coefficient (Wildman–Crippen LogP) is 2.90. The van der Waals surface area contributed by atoms with Crippen molar-refractivity contribution >= 4 is 5.91 Å². The largest absolute Gasteiger partial charge is 0.466 e. The van der Waals surface area contributed by atoms with Gasteiger partial charge in [-0.25, -0.2) is 0 Å². The zero-order valence-corrected chi connectivity index (χ0v) is 15.5. The van der Waals surface area contributed by atoms with Crippen LogP contribution in [0.5, 0.6) is 0 Å². The molecule has 1 unspecified atom stereocenters. The van der Waals surface area contributed by atoms with E-state index < -0.39 is 0 Å². The second kappa shape index (κ2) is 7.36. The summed E-state index contributed by atoms with van der Waals surface area (Å²) in [5.41, 5.74) is 2.50. The summed E-state index contributed by atoms with van der Waals surface area (Å²) in [4.78, 5) is 19.1. The second-order valence-electron chi connectivity index (χ2n) is 6.77. The van der Waals surface area contributed by atoms with E-state index in [0.29, 0.717) is 37.6 Å². The SMILES string of the molecule is Cc1cc(C(=O)N2Cc3ccnn3C(COCc3ccccn3)C2)c(C)o1. The maximum Gasteiger partial charge on any atom is 0.257 e. The van der Waals surface area contributed by atoms with Gasteiger partial charge in [-0.05, 0) is 38.1 Å². The minimum atomic E-state index is -0.0373. The van der Waals surface area contributed by atoms with Crippen molar-refractivity contribution < 1.29 is 13.9 Å². The molecule has 7 heteroatoms. The third-order valence-corrected chi connectivity index (χ3v) is 4.73. The third-order valence-electron chi connectivity index (χ3n) is 4.73. The average molecular weight is 366 g/mol. The predicted molar refractivity (Wildman–Crippen MR) is 98.1 cm³/mol. The van der Waals surface area contributed by atoms with Crippen LogP contribution in [-0.4, -0.2) is 38.7 Å². The highest BCUT2D eigenvalue weighted by atomic mass is 16.5. The number of carbonyl (C=O) groups excluding carboxylic acids is 1. The van der Waals surface area contributed by atoms with Gasteiger partial charge in [-0.15, -0.1) is 0 Å². The zero-order valence-electron chi connectivity index (χ0n) is 15.5. The van der Waals surface area contributed by atoms with E-state index in [9.17, 15) is 4.79 Å². The molecule has 4 heterocycles.